The Morgan fingerprint density at radius 2 is 1.38 bits per heavy atom. The maximum atomic E-state index is 12.2. The monoisotopic (exact) mass is 302 g/mol. The van der Waals surface area contributed by atoms with E-state index in [4.69, 9.17) is 0 Å². The third-order valence-electron chi connectivity index (χ3n) is 4.39. The van der Waals surface area contributed by atoms with E-state index < -0.39 is 8.07 Å². The van der Waals surface area contributed by atoms with E-state index in [-0.39, 0.29) is 11.5 Å². The predicted molar refractivity (Wildman–Crippen MR) is 91.3 cm³/mol. The van der Waals surface area contributed by atoms with E-state index in [0.717, 1.165) is 0 Å². The average molecular weight is 302 g/mol. The molecule has 1 rings (SSSR count). The van der Waals surface area contributed by atoms with Crippen molar-refractivity contribution in [2.75, 3.05) is 0 Å². The lowest BCUT2D eigenvalue weighted by atomic mass is 10.1. The van der Waals surface area contributed by atoms with E-state index in [1.54, 1.807) is 12.1 Å². The Bertz CT molecular complexity index is 523. The molecule has 0 unspecified atom stereocenters. The first-order chi connectivity index (χ1) is 9.71. The van der Waals surface area contributed by atoms with Crippen molar-refractivity contribution in [1.29, 1.82) is 0 Å². The van der Waals surface area contributed by atoms with Crippen LogP contribution in [0, 0.1) is 11.5 Å². The van der Waals surface area contributed by atoms with Crippen LogP contribution < -0.4 is 0 Å². The molecule has 1 N–H and O–H groups in total. The van der Waals surface area contributed by atoms with Gasteiger partial charge >= 0.3 is 0 Å². The van der Waals surface area contributed by atoms with Gasteiger partial charge in [0.2, 0.25) is 5.78 Å². The molecule has 0 aliphatic carbocycles. The van der Waals surface area contributed by atoms with Crippen molar-refractivity contribution in [3.05, 3.63) is 29.8 Å². The van der Waals surface area contributed by atoms with Crippen LogP contribution in [0.1, 0.15) is 51.9 Å². The zero-order chi connectivity index (χ0) is 16.2. The molecule has 0 amide bonds. The summed E-state index contributed by atoms with van der Waals surface area (Å²) < 4.78 is 0. The molecule has 0 aliphatic heterocycles. The lowest BCUT2D eigenvalue weighted by Gasteiger charge is -2.37. The van der Waals surface area contributed by atoms with Crippen LogP contribution in [0.15, 0.2) is 24.3 Å². The van der Waals surface area contributed by atoms with Gasteiger partial charge in [0.15, 0.2) is 0 Å². The molecule has 114 valence electrons. The molecular weight excluding hydrogens is 276 g/mol. The first-order valence-electron chi connectivity index (χ1n) is 7.58. The molecular formula is C18H26O2Si. The van der Waals surface area contributed by atoms with Crippen molar-refractivity contribution in [3.63, 3.8) is 0 Å². The third-order valence-corrected chi connectivity index (χ3v) is 10.7. The fourth-order valence-electron chi connectivity index (χ4n) is 3.28. The lowest BCUT2D eigenvalue weighted by Crippen LogP contribution is -2.43. The van der Waals surface area contributed by atoms with Crippen molar-refractivity contribution in [2.45, 2.75) is 58.2 Å². The maximum Gasteiger partial charge on any atom is 0.235 e. The molecule has 0 aliphatic rings. The molecule has 0 saturated heterocycles. The van der Waals surface area contributed by atoms with E-state index in [2.05, 4.69) is 53.0 Å². The molecule has 0 saturated carbocycles. The van der Waals surface area contributed by atoms with Gasteiger partial charge in [0.25, 0.3) is 0 Å². The predicted octanol–water partition coefficient (Wildman–Crippen LogP) is 4.80. The van der Waals surface area contributed by atoms with Crippen LogP contribution in [0.5, 0.6) is 5.75 Å². The minimum absolute atomic E-state index is 0.158. The Kier molecular flexibility index (Phi) is 5.80. The molecule has 2 nitrogen and oxygen atoms in total. The van der Waals surface area contributed by atoms with Crippen LogP contribution in [-0.4, -0.2) is 19.0 Å². The molecule has 0 atom stereocenters. The average Bonchev–Trinajstić information content (AvgIpc) is 2.38. The molecule has 0 spiro atoms. The summed E-state index contributed by atoms with van der Waals surface area (Å²) in [6.45, 7) is 13.4. The molecule has 0 heterocycles. The van der Waals surface area contributed by atoms with Crippen molar-refractivity contribution in [3.8, 4) is 17.2 Å². The fraction of sp³-hybridized carbons (Fsp3) is 0.500. The number of hydrogen-bond acceptors (Lipinski definition) is 2. The van der Waals surface area contributed by atoms with Gasteiger partial charge in [-0.1, -0.05) is 41.5 Å². The number of hydrogen-bond donors (Lipinski definition) is 1. The summed E-state index contributed by atoms with van der Waals surface area (Å²) in [6.07, 6.45) is 0. The Labute approximate surface area is 129 Å². The summed E-state index contributed by atoms with van der Waals surface area (Å²) in [7, 11) is -1.87. The van der Waals surface area contributed by atoms with Gasteiger partial charge in [0.1, 0.15) is 13.8 Å². The zero-order valence-electron chi connectivity index (χ0n) is 13.9. The second-order valence-electron chi connectivity index (χ2n) is 6.52. The highest BCUT2D eigenvalue weighted by Gasteiger charge is 2.41. The van der Waals surface area contributed by atoms with Crippen molar-refractivity contribution in [1.82, 2.24) is 0 Å². The topological polar surface area (TPSA) is 37.3 Å². The molecule has 0 radical (unpaired) electrons. The Balaban J connectivity index is 3.16. The number of ketones is 1. The standard InChI is InChI=1S/C18H26O2Si/c1-13(2)21(14(3)4,15(5)6)12-11-18(20)16-7-9-17(19)10-8-16/h7-10,13-15,19H,1-6H3. The van der Waals surface area contributed by atoms with Gasteiger partial charge in [-0.3, -0.25) is 4.79 Å². The van der Waals surface area contributed by atoms with Gasteiger partial charge in [-0.2, -0.15) is 0 Å². The summed E-state index contributed by atoms with van der Waals surface area (Å²) in [5, 5.41) is 9.28. The molecule has 0 aromatic heterocycles. The Morgan fingerprint density at radius 1 is 0.952 bits per heavy atom. The van der Waals surface area contributed by atoms with Gasteiger partial charge in [-0.15, -0.1) is 5.54 Å². The van der Waals surface area contributed by atoms with Crippen LogP contribution in [0.4, 0.5) is 0 Å². The van der Waals surface area contributed by atoms with Crippen molar-refractivity contribution in [2.24, 2.45) is 0 Å². The van der Waals surface area contributed by atoms with Crippen LogP contribution in [0.3, 0.4) is 0 Å². The molecule has 3 heteroatoms. The molecule has 21 heavy (non-hydrogen) atoms. The summed E-state index contributed by atoms with van der Waals surface area (Å²) in [5.41, 5.74) is 5.50. The number of phenolic OH excluding ortho intramolecular Hbond substituents is 1. The number of aromatic hydroxyl groups is 1. The minimum Gasteiger partial charge on any atom is -0.508 e. The summed E-state index contributed by atoms with van der Waals surface area (Å²) in [6, 6.07) is 6.28. The van der Waals surface area contributed by atoms with Crippen LogP contribution >= 0.6 is 0 Å². The van der Waals surface area contributed by atoms with Crippen LogP contribution in [0.25, 0.3) is 0 Å². The molecule has 0 bridgehead atoms. The zero-order valence-corrected chi connectivity index (χ0v) is 14.9. The third kappa shape index (κ3) is 3.77. The highest BCUT2D eigenvalue weighted by Crippen LogP contribution is 2.40. The smallest absolute Gasteiger partial charge is 0.235 e. The first kappa shape index (κ1) is 17.5. The minimum atomic E-state index is -1.87. The Hall–Kier alpha value is -1.53. The van der Waals surface area contributed by atoms with Gasteiger partial charge in [0, 0.05) is 5.56 Å². The van der Waals surface area contributed by atoms with E-state index in [0.29, 0.717) is 22.2 Å². The van der Waals surface area contributed by atoms with Gasteiger partial charge < -0.3 is 5.11 Å². The highest BCUT2D eigenvalue weighted by molar-refractivity contribution is 6.90. The lowest BCUT2D eigenvalue weighted by molar-refractivity contribution is 0.105. The number of carbonyl (C=O) groups excluding carboxylic acids is 1. The van der Waals surface area contributed by atoms with Crippen molar-refractivity contribution < 1.29 is 9.90 Å². The maximum absolute atomic E-state index is 12.2. The van der Waals surface area contributed by atoms with Crippen LogP contribution in [0.2, 0.25) is 16.6 Å². The first-order valence-corrected chi connectivity index (χ1v) is 9.81. The van der Waals surface area contributed by atoms with Gasteiger partial charge in [-0.25, -0.2) is 0 Å². The number of phenols is 1. The second kappa shape index (κ2) is 6.95. The van der Waals surface area contributed by atoms with E-state index in [9.17, 15) is 9.90 Å². The van der Waals surface area contributed by atoms with E-state index in [1.807, 2.05) is 0 Å². The summed E-state index contributed by atoms with van der Waals surface area (Å²) in [5.74, 6) is 2.90. The normalized spacial score (nSPS) is 11.7. The van der Waals surface area contributed by atoms with E-state index in [1.165, 1.54) is 12.1 Å². The number of Topliss-reactive ketones (excluding diaryl/α,β-unsaturated/α-hetero) is 1. The fourth-order valence-corrected chi connectivity index (χ4v) is 8.48. The van der Waals surface area contributed by atoms with Crippen LogP contribution in [-0.2, 0) is 0 Å². The van der Waals surface area contributed by atoms with Gasteiger partial charge in [0.05, 0.1) is 0 Å². The molecule has 0 fully saturated rings. The van der Waals surface area contributed by atoms with Gasteiger partial charge in [-0.05, 0) is 46.8 Å². The quantitative estimate of drug-likeness (QED) is 0.493. The SMILES string of the molecule is CC(C)[Si](C#CC(=O)c1ccc(O)cc1)(C(C)C)C(C)C. The summed E-state index contributed by atoms with van der Waals surface area (Å²) in [4.78, 5) is 12.2. The Morgan fingerprint density at radius 3 is 1.76 bits per heavy atom. The van der Waals surface area contributed by atoms with E-state index >= 15 is 0 Å². The largest absolute Gasteiger partial charge is 0.508 e. The number of benzene rings is 1. The van der Waals surface area contributed by atoms with Crippen molar-refractivity contribution >= 4 is 13.9 Å². The second-order valence-corrected chi connectivity index (χ2v) is 12.1. The molecule has 1 aromatic carbocycles. The number of rotatable bonds is 4. The molecule has 1 aromatic rings. The summed E-state index contributed by atoms with van der Waals surface area (Å²) >= 11 is 0. The highest BCUT2D eigenvalue weighted by atomic mass is 28.3. The number of carbonyl (C=O) groups is 1.